The average molecular weight is 489 g/mol. The molecule has 1 aromatic rings. The number of carbonyl (C=O) groups excluding carboxylic acids is 1. The van der Waals surface area contributed by atoms with Crippen LogP contribution in [0.15, 0.2) is 24.3 Å². The van der Waals surface area contributed by atoms with E-state index in [0.717, 1.165) is 37.2 Å². The zero-order valence-electron chi connectivity index (χ0n) is 22.6. The summed E-state index contributed by atoms with van der Waals surface area (Å²) < 4.78 is 5.23. The van der Waals surface area contributed by atoms with Gasteiger partial charge in [-0.1, -0.05) is 96.1 Å². The van der Waals surface area contributed by atoms with Gasteiger partial charge in [0.2, 0.25) is 5.91 Å². The molecule has 0 aromatic heterocycles. The number of rotatable bonds is 20. The van der Waals surface area contributed by atoms with E-state index in [9.17, 15) is 9.90 Å². The Labute approximate surface area is 215 Å². The number of hydrogen-bond donors (Lipinski definition) is 2. The number of carbonyl (C=O) groups is 1. The minimum absolute atomic E-state index is 0.0600. The van der Waals surface area contributed by atoms with Gasteiger partial charge in [0.1, 0.15) is 11.9 Å². The molecule has 1 aliphatic rings. The molecule has 0 aliphatic carbocycles. The Balaban J connectivity index is 1.62. The molecule has 1 aliphatic heterocycles. The van der Waals surface area contributed by atoms with Gasteiger partial charge in [-0.3, -0.25) is 4.79 Å². The molecule has 1 fully saturated rings. The van der Waals surface area contributed by atoms with Gasteiger partial charge in [0.15, 0.2) is 0 Å². The lowest BCUT2D eigenvalue weighted by molar-refractivity contribution is -0.123. The van der Waals surface area contributed by atoms with E-state index in [4.69, 9.17) is 4.74 Å². The van der Waals surface area contributed by atoms with Crippen molar-refractivity contribution in [3.8, 4) is 5.75 Å². The largest absolute Gasteiger partial charge is 0.497 e. The SMILES string of the molecule is CCCCCCCCCCCCCCCC(=O)NC(CN1CCCC1)C(O)c1ccc(OC)cc1. The molecule has 0 saturated carbocycles. The van der Waals surface area contributed by atoms with Crippen LogP contribution < -0.4 is 10.1 Å². The quantitative estimate of drug-likeness (QED) is 0.198. The fraction of sp³-hybridized carbons (Fsp3) is 0.767. The van der Waals surface area contributed by atoms with E-state index in [1.165, 1.54) is 83.5 Å². The minimum atomic E-state index is -0.725. The molecule has 2 N–H and O–H groups in total. The first-order valence-electron chi connectivity index (χ1n) is 14.5. The van der Waals surface area contributed by atoms with Crippen LogP contribution in [-0.2, 0) is 4.79 Å². The van der Waals surface area contributed by atoms with Crippen molar-refractivity contribution in [1.82, 2.24) is 10.2 Å². The molecule has 2 rings (SSSR count). The lowest BCUT2D eigenvalue weighted by atomic mass is 10.0. The first kappa shape index (κ1) is 29.6. The van der Waals surface area contributed by atoms with E-state index in [1.54, 1.807) is 7.11 Å². The van der Waals surface area contributed by atoms with E-state index in [-0.39, 0.29) is 11.9 Å². The summed E-state index contributed by atoms with van der Waals surface area (Å²) in [6, 6.07) is 7.20. The first-order chi connectivity index (χ1) is 17.1. The molecule has 200 valence electrons. The van der Waals surface area contributed by atoms with Crippen molar-refractivity contribution in [1.29, 1.82) is 0 Å². The van der Waals surface area contributed by atoms with Crippen LogP contribution in [0, 0.1) is 0 Å². The number of nitrogens with one attached hydrogen (secondary N) is 1. The van der Waals surface area contributed by atoms with Crippen LogP contribution in [0.2, 0.25) is 0 Å². The Hall–Kier alpha value is -1.59. The molecule has 0 spiro atoms. The zero-order valence-corrected chi connectivity index (χ0v) is 22.6. The van der Waals surface area contributed by atoms with Gasteiger partial charge >= 0.3 is 0 Å². The number of aliphatic hydroxyl groups excluding tert-OH is 1. The Morgan fingerprint density at radius 3 is 1.91 bits per heavy atom. The number of amides is 1. The Morgan fingerprint density at radius 1 is 0.886 bits per heavy atom. The second-order valence-electron chi connectivity index (χ2n) is 10.4. The van der Waals surface area contributed by atoms with Crippen LogP contribution in [-0.4, -0.2) is 48.7 Å². The molecular formula is C30H52N2O3. The van der Waals surface area contributed by atoms with Crippen molar-refractivity contribution in [3.63, 3.8) is 0 Å². The maximum atomic E-state index is 12.7. The van der Waals surface area contributed by atoms with Crippen LogP contribution in [0.4, 0.5) is 0 Å². The highest BCUT2D eigenvalue weighted by molar-refractivity contribution is 5.76. The summed E-state index contributed by atoms with van der Waals surface area (Å²) in [7, 11) is 1.64. The van der Waals surface area contributed by atoms with Gasteiger partial charge < -0.3 is 20.1 Å². The van der Waals surface area contributed by atoms with Gasteiger partial charge in [-0.15, -0.1) is 0 Å². The minimum Gasteiger partial charge on any atom is -0.497 e. The number of aliphatic hydroxyl groups is 1. The third kappa shape index (κ3) is 12.8. The molecule has 2 unspecified atom stereocenters. The highest BCUT2D eigenvalue weighted by Crippen LogP contribution is 2.22. The summed E-state index contributed by atoms with van der Waals surface area (Å²) >= 11 is 0. The van der Waals surface area contributed by atoms with Gasteiger partial charge in [-0.25, -0.2) is 0 Å². The summed E-state index contributed by atoms with van der Waals surface area (Å²) in [6.45, 7) is 5.05. The predicted octanol–water partition coefficient (Wildman–Crippen LogP) is 6.79. The van der Waals surface area contributed by atoms with Gasteiger partial charge in [0.05, 0.1) is 13.2 Å². The van der Waals surface area contributed by atoms with Crippen molar-refractivity contribution in [3.05, 3.63) is 29.8 Å². The van der Waals surface area contributed by atoms with Crippen molar-refractivity contribution >= 4 is 5.91 Å². The van der Waals surface area contributed by atoms with Crippen LogP contribution in [0.1, 0.15) is 121 Å². The molecule has 5 nitrogen and oxygen atoms in total. The molecule has 1 saturated heterocycles. The van der Waals surface area contributed by atoms with Crippen LogP contribution in [0.5, 0.6) is 5.75 Å². The zero-order chi connectivity index (χ0) is 25.1. The molecule has 1 amide bonds. The number of hydrogen-bond acceptors (Lipinski definition) is 4. The predicted molar refractivity (Wildman–Crippen MR) is 146 cm³/mol. The maximum absolute atomic E-state index is 12.7. The van der Waals surface area contributed by atoms with E-state index in [2.05, 4.69) is 17.1 Å². The lowest BCUT2D eigenvalue weighted by Crippen LogP contribution is -2.46. The van der Waals surface area contributed by atoms with Gasteiger partial charge in [0, 0.05) is 13.0 Å². The number of benzene rings is 1. The Kier molecular flexibility index (Phi) is 15.8. The topological polar surface area (TPSA) is 61.8 Å². The Bertz CT molecular complexity index is 658. The second-order valence-corrected chi connectivity index (χ2v) is 10.4. The maximum Gasteiger partial charge on any atom is 0.220 e. The smallest absolute Gasteiger partial charge is 0.220 e. The second kappa shape index (κ2) is 18.6. The average Bonchev–Trinajstić information content (AvgIpc) is 3.39. The third-order valence-electron chi connectivity index (χ3n) is 7.35. The van der Waals surface area contributed by atoms with Crippen molar-refractivity contribution in [2.75, 3.05) is 26.7 Å². The summed E-state index contributed by atoms with van der Waals surface area (Å²) in [5, 5.41) is 14.2. The normalized spacial score (nSPS) is 15.7. The summed E-state index contributed by atoms with van der Waals surface area (Å²) in [4.78, 5) is 15.1. The standard InChI is InChI=1S/C30H52N2O3/c1-3-4-5-6-7-8-9-10-11-12-13-14-15-18-29(33)31-28(25-32-23-16-17-24-32)30(34)26-19-21-27(35-2)22-20-26/h19-22,28,30,34H,3-18,23-25H2,1-2H3,(H,31,33). The first-order valence-corrected chi connectivity index (χ1v) is 14.5. The molecule has 5 heteroatoms. The number of unbranched alkanes of at least 4 members (excludes halogenated alkanes) is 12. The van der Waals surface area contributed by atoms with Crippen molar-refractivity contribution < 1.29 is 14.6 Å². The summed E-state index contributed by atoms with van der Waals surface area (Å²) in [5.41, 5.74) is 0.816. The summed E-state index contributed by atoms with van der Waals surface area (Å²) in [6.07, 6.45) is 19.1. The van der Waals surface area contributed by atoms with E-state index in [0.29, 0.717) is 13.0 Å². The third-order valence-corrected chi connectivity index (χ3v) is 7.35. The molecule has 1 aromatic carbocycles. The van der Waals surface area contributed by atoms with Crippen LogP contribution in [0.3, 0.4) is 0 Å². The monoisotopic (exact) mass is 488 g/mol. The van der Waals surface area contributed by atoms with Crippen molar-refractivity contribution in [2.24, 2.45) is 0 Å². The highest BCUT2D eigenvalue weighted by Gasteiger charge is 2.26. The molecule has 2 atom stereocenters. The fourth-order valence-corrected chi connectivity index (χ4v) is 5.08. The molecule has 35 heavy (non-hydrogen) atoms. The van der Waals surface area contributed by atoms with Crippen LogP contribution in [0.25, 0.3) is 0 Å². The number of ether oxygens (including phenoxy) is 1. The fourth-order valence-electron chi connectivity index (χ4n) is 5.08. The summed E-state index contributed by atoms with van der Waals surface area (Å²) in [5.74, 6) is 0.827. The molecule has 0 radical (unpaired) electrons. The van der Waals surface area contributed by atoms with Crippen LogP contribution >= 0.6 is 0 Å². The van der Waals surface area contributed by atoms with E-state index < -0.39 is 6.10 Å². The Morgan fingerprint density at radius 2 is 1.40 bits per heavy atom. The molecule has 1 heterocycles. The lowest BCUT2D eigenvalue weighted by Gasteiger charge is -2.29. The molecule has 0 bridgehead atoms. The van der Waals surface area contributed by atoms with E-state index >= 15 is 0 Å². The highest BCUT2D eigenvalue weighted by atomic mass is 16.5. The van der Waals surface area contributed by atoms with Gasteiger partial charge in [-0.2, -0.15) is 0 Å². The van der Waals surface area contributed by atoms with E-state index in [1.807, 2.05) is 24.3 Å². The number of nitrogens with zero attached hydrogens (tertiary/aromatic N) is 1. The number of methoxy groups -OCH3 is 1. The van der Waals surface area contributed by atoms with Crippen molar-refractivity contribution in [2.45, 2.75) is 122 Å². The van der Waals surface area contributed by atoms with Gasteiger partial charge in [0.25, 0.3) is 0 Å². The molecular weight excluding hydrogens is 436 g/mol. The van der Waals surface area contributed by atoms with Gasteiger partial charge in [-0.05, 0) is 50.0 Å². The number of likely N-dealkylation sites (tertiary alicyclic amines) is 1.